The van der Waals surface area contributed by atoms with Crippen molar-refractivity contribution in [2.75, 3.05) is 7.11 Å². The predicted octanol–water partition coefficient (Wildman–Crippen LogP) is 7.02. The molecule has 0 aliphatic heterocycles. The molecule has 0 amide bonds. The fraction of sp³-hybridized carbons (Fsp3) is 0.182. The molecule has 0 N–H and O–H groups in total. The number of aryl methyl sites for hydroxylation is 2. The zero-order valence-corrected chi connectivity index (χ0v) is 16.0. The molecule has 2 aromatic heterocycles. The van der Waals surface area contributed by atoms with E-state index in [1.54, 1.807) is 7.11 Å². The highest BCUT2D eigenvalue weighted by Crippen LogP contribution is 2.59. The molecule has 0 bridgehead atoms. The van der Waals surface area contributed by atoms with Gasteiger partial charge in [-0.15, -0.1) is 22.7 Å². The number of rotatable bonds is 2. The van der Waals surface area contributed by atoms with Gasteiger partial charge in [0, 0.05) is 48.9 Å². The lowest BCUT2D eigenvalue weighted by Gasteiger charge is -2.07. The summed E-state index contributed by atoms with van der Waals surface area (Å²) in [4.78, 5) is 5.60. The zero-order valence-electron chi connectivity index (χ0n) is 14.3. The van der Waals surface area contributed by atoms with Crippen LogP contribution in [0.4, 0.5) is 0 Å². The molecule has 1 nitrogen and oxygen atoms in total. The summed E-state index contributed by atoms with van der Waals surface area (Å²) >= 11 is 3.81. The van der Waals surface area contributed by atoms with Crippen molar-refractivity contribution in [3.05, 3.63) is 45.0 Å². The summed E-state index contributed by atoms with van der Waals surface area (Å²) < 4.78 is 5.34. The van der Waals surface area contributed by atoms with E-state index in [1.165, 1.54) is 69.2 Å². The predicted molar refractivity (Wildman–Crippen MR) is 109 cm³/mol. The molecule has 3 heteroatoms. The van der Waals surface area contributed by atoms with Gasteiger partial charge in [-0.2, -0.15) is 0 Å². The third kappa shape index (κ3) is 1.58. The van der Waals surface area contributed by atoms with Crippen molar-refractivity contribution < 1.29 is 4.74 Å². The Hall–Kier alpha value is -1.94. The second kappa shape index (κ2) is 4.61. The van der Waals surface area contributed by atoms with Crippen molar-refractivity contribution >= 4 is 33.4 Å². The molecule has 25 heavy (non-hydrogen) atoms. The Labute approximate surface area is 154 Å². The van der Waals surface area contributed by atoms with Crippen LogP contribution in [0.2, 0.25) is 0 Å². The Morgan fingerprint density at radius 1 is 0.760 bits per heavy atom. The molecule has 0 fully saturated rings. The van der Waals surface area contributed by atoms with Crippen molar-refractivity contribution in [2.24, 2.45) is 0 Å². The van der Waals surface area contributed by atoms with E-state index in [4.69, 9.17) is 4.74 Å². The van der Waals surface area contributed by atoms with Crippen molar-refractivity contribution in [1.82, 2.24) is 0 Å². The topological polar surface area (TPSA) is 9.23 Å². The minimum Gasteiger partial charge on any atom is -0.379 e. The number of fused-ring (bicyclic) bond motifs is 6. The highest BCUT2D eigenvalue weighted by Gasteiger charge is 2.32. The Morgan fingerprint density at radius 3 is 2.04 bits per heavy atom. The normalized spacial score (nSPS) is 12.9. The zero-order chi connectivity index (χ0) is 16.9. The Balaban J connectivity index is 1.72. The third-order valence-electron chi connectivity index (χ3n) is 5.56. The van der Waals surface area contributed by atoms with Crippen LogP contribution in [0, 0.1) is 13.8 Å². The minimum atomic E-state index is 0.696. The van der Waals surface area contributed by atoms with E-state index < -0.39 is 0 Å². The molecule has 0 spiro atoms. The quantitative estimate of drug-likeness (QED) is 0.322. The number of thiophene rings is 2. The number of benzene rings is 2. The maximum atomic E-state index is 5.34. The number of methoxy groups -OCH3 is 1. The van der Waals surface area contributed by atoms with Crippen molar-refractivity contribution in [3.8, 4) is 43.8 Å². The second-order valence-electron chi connectivity index (χ2n) is 6.92. The molecule has 0 saturated carbocycles. The lowest BCUT2D eigenvalue weighted by atomic mass is 9.97. The lowest BCUT2D eigenvalue weighted by Crippen LogP contribution is -1.83. The highest BCUT2D eigenvalue weighted by atomic mass is 32.1. The van der Waals surface area contributed by atoms with Gasteiger partial charge in [0.2, 0.25) is 0 Å². The van der Waals surface area contributed by atoms with Crippen LogP contribution < -0.4 is 0 Å². The molecular formula is C22H16OS2. The molecule has 6 rings (SSSR count). The molecule has 2 aliphatic carbocycles. The number of hydrogen-bond donors (Lipinski definition) is 0. The molecule has 2 aliphatic rings. The largest absolute Gasteiger partial charge is 0.379 e. The van der Waals surface area contributed by atoms with Crippen LogP contribution >= 0.6 is 22.7 Å². The van der Waals surface area contributed by atoms with Crippen LogP contribution in [0.15, 0.2) is 30.3 Å². The average molecular weight is 361 g/mol. The van der Waals surface area contributed by atoms with Gasteiger partial charge >= 0.3 is 0 Å². The first-order valence-electron chi connectivity index (χ1n) is 8.52. The van der Waals surface area contributed by atoms with E-state index >= 15 is 0 Å². The van der Waals surface area contributed by atoms with E-state index in [2.05, 4.69) is 44.2 Å². The highest BCUT2D eigenvalue weighted by molar-refractivity contribution is 7.16. The summed E-state index contributed by atoms with van der Waals surface area (Å²) in [5, 5.41) is 2.93. The van der Waals surface area contributed by atoms with Crippen molar-refractivity contribution in [3.63, 3.8) is 0 Å². The third-order valence-corrected chi connectivity index (χ3v) is 7.73. The van der Waals surface area contributed by atoms with E-state index in [9.17, 15) is 0 Å². The summed E-state index contributed by atoms with van der Waals surface area (Å²) in [7, 11) is 1.77. The summed E-state index contributed by atoms with van der Waals surface area (Å²) in [5.41, 5.74) is 9.99. The van der Waals surface area contributed by atoms with E-state index in [0.29, 0.717) is 6.61 Å². The van der Waals surface area contributed by atoms with Gasteiger partial charge in [0.25, 0.3) is 0 Å². The molecule has 0 saturated heterocycles. The molecular weight excluding hydrogens is 344 g/mol. The van der Waals surface area contributed by atoms with Crippen LogP contribution in [-0.4, -0.2) is 7.11 Å². The summed E-state index contributed by atoms with van der Waals surface area (Å²) in [6, 6.07) is 11.7. The molecule has 4 aromatic rings. The average Bonchev–Trinajstić information content (AvgIpc) is 3.28. The van der Waals surface area contributed by atoms with Gasteiger partial charge in [-0.05, 0) is 47.4 Å². The fourth-order valence-corrected chi connectivity index (χ4v) is 6.98. The molecule has 0 unspecified atom stereocenters. The van der Waals surface area contributed by atoms with Gasteiger partial charge < -0.3 is 4.74 Å². The molecule has 2 aromatic carbocycles. The van der Waals surface area contributed by atoms with E-state index in [0.717, 1.165) is 0 Å². The van der Waals surface area contributed by atoms with Gasteiger partial charge in [-0.3, -0.25) is 0 Å². The first-order chi connectivity index (χ1) is 12.2. The van der Waals surface area contributed by atoms with Crippen molar-refractivity contribution in [1.29, 1.82) is 0 Å². The molecule has 0 atom stereocenters. The summed E-state index contributed by atoms with van der Waals surface area (Å²) in [6.45, 7) is 5.22. The van der Waals surface area contributed by atoms with Gasteiger partial charge in [-0.25, -0.2) is 0 Å². The van der Waals surface area contributed by atoms with Crippen LogP contribution in [-0.2, 0) is 11.3 Å². The fourth-order valence-electron chi connectivity index (χ4n) is 4.71. The van der Waals surface area contributed by atoms with Gasteiger partial charge in [-0.1, -0.05) is 24.3 Å². The standard InChI is InChI=1S/C22H16OS2/c1-10-18-14-5-4-13-17-8-12(9-23-3)25-22(17)16-7-6-15(21(14)20(13)16)19(18)11(2)24-10/h4-8H,9H2,1-3H3. The van der Waals surface area contributed by atoms with Crippen LogP contribution in [0.25, 0.3) is 54.6 Å². The Morgan fingerprint density at radius 2 is 1.36 bits per heavy atom. The van der Waals surface area contributed by atoms with Gasteiger partial charge in [0.15, 0.2) is 0 Å². The van der Waals surface area contributed by atoms with Gasteiger partial charge in [0.05, 0.1) is 6.61 Å². The second-order valence-corrected chi connectivity index (χ2v) is 9.49. The number of hydrogen-bond acceptors (Lipinski definition) is 3. The first kappa shape index (κ1) is 14.3. The SMILES string of the molecule is COCc1cc2c(s1)-c1ccc3c4c(ccc-2c14)-c1c(C)sc(C)c1-3. The maximum absolute atomic E-state index is 5.34. The Bertz CT molecular complexity index is 1140. The van der Waals surface area contributed by atoms with Crippen LogP contribution in [0.5, 0.6) is 0 Å². The summed E-state index contributed by atoms with van der Waals surface area (Å²) in [5.74, 6) is 0. The summed E-state index contributed by atoms with van der Waals surface area (Å²) in [6.07, 6.45) is 0. The monoisotopic (exact) mass is 360 g/mol. The molecule has 122 valence electrons. The first-order valence-corrected chi connectivity index (χ1v) is 10.1. The lowest BCUT2D eigenvalue weighted by molar-refractivity contribution is 0.187. The van der Waals surface area contributed by atoms with E-state index in [1.807, 2.05) is 22.7 Å². The number of ether oxygens (including phenoxy) is 1. The molecule has 2 heterocycles. The minimum absolute atomic E-state index is 0.696. The van der Waals surface area contributed by atoms with Gasteiger partial charge in [0.1, 0.15) is 0 Å². The maximum Gasteiger partial charge on any atom is 0.0806 e. The smallest absolute Gasteiger partial charge is 0.0806 e. The molecule has 0 radical (unpaired) electrons. The Kier molecular flexibility index (Phi) is 2.63. The van der Waals surface area contributed by atoms with Crippen LogP contribution in [0.3, 0.4) is 0 Å². The van der Waals surface area contributed by atoms with Crippen LogP contribution in [0.1, 0.15) is 14.6 Å². The van der Waals surface area contributed by atoms with E-state index in [-0.39, 0.29) is 0 Å². The van der Waals surface area contributed by atoms with Crippen molar-refractivity contribution in [2.45, 2.75) is 20.5 Å².